The topological polar surface area (TPSA) is 87.5 Å². The number of carbonyl (C=O) groups is 1. The van der Waals surface area contributed by atoms with Gasteiger partial charge in [-0.1, -0.05) is 13.0 Å². The molecular formula is C16H21F3N4O3. The fourth-order valence-corrected chi connectivity index (χ4v) is 2.91. The van der Waals surface area contributed by atoms with E-state index in [0.717, 1.165) is 6.07 Å². The van der Waals surface area contributed by atoms with Gasteiger partial charge in [0.2, 0.25) is 0 Å². The number of nitrogens with one attached hydrogen (secondary N) is 2. The first kappa shape index (κ1) is 20.1. The van der Waals surface area contributed by atoms with Crippen LogP contribution in [0.25, 0.3) is 0 Å². The van der Waals surface area contributed by atoms with E-state index in [0.29, 0.717) is 25.1 Å². The van der Waals surface area contributed by atoms with Crippen molar-refractivity contribution in [3.05, 3.63) is 39.4 Å². The predicted molar refractivity (Wildman–Crippen MR) is 89.1 cm³/mol. The molecule has 26 heavy (non-hydrogen) atoms. The molecule has 0 radical (unpaired) electrons. The summed E-state index contributed by atoms with van der Waals surface area (Å²) in [4.78, 5) is 23.9. The number of alkyl halides is 3. The molecule has 7 nitrogen and oxygen atoms in total. The van der Waals surface area contributed by atoms with Crippen molar-refractivity contribution in [3.63, 3.8) is 0 Å². The number of benzene rings is 1. The Morgan fingerprint density at radius 2 is 2.04 bits per heavy atom. The van der Waals surface area contributed by atoms with Crippen molar-refractivity contribution in [2.24, 2.45) is 0 Å². The van der Waals surface area contributed by atoms with E-state index in [1.807, 2.05) is 0 Å². The van der Waals surface area contributed by atoms with Crippen molar-refractivity contribution < 1.29 is 22.9 Å². The van der Waals surface area contributed by atoms with Crippen LogP contribution in [0.3, 0.4) is 0 Å². The van der Waals surface area contributed by atoms with Crippen molar-refractivity contribution in [3.8, 4) is 0 Å². The standard InChI is InChI=1S/C16H21F3N4O3/c1-2-11-3-4-12(9-13(11)23(25)26)15(24)21-10-14(16(17,18)19)22-7-5-20-6-8-22/h3-4,9,14,20H,2,5-8,10H2,1H3,(H,21,24). The van der Waals surface area contributed by atoms with Gasteiger partial charge in [-0.15, -0.1) is 0 Å². The Balaban J connectivity index is 2.10. The van der Waals surface area contributed by atoms with Crippen molar-refractivity contribution in [1.82, 2.24) is 15.5 Å². The molecule has 1 saturated heterocycles. The first-order chi connectivity index (χ1) is 12.2. The van der Waals surface area contributed by atoms with Crippen LogP contribution >= 0.6 is 0 Å². The lowest BCUT2D eigenvalue weighted by Gasteiger charge is -2.35. The first-order valence-corrected chi connectivity index (χ1v) is 8.31. The lowest BCUT2D eigenvalue weighted by molar-refractivity contribution is -0.385. The highest BCUT2D eigenvalue weighted by Crippen LogP contribution is 2.25. The van der Waals surface area contributed by atoms with Crippen LogP contribution in [0, 0.1) is 10.1 Å². The number of aryl methyl sites for hydroxylation is 1. The molecule has 10 heteroatoms. The van der Waals surface area contributed by atoms with Crippen LogP contribution in [-0.2, 0) is 6.42 Å². The maximum atomic E-state index is 13.3. The average Bonchev–Trinajstić information content (AvgIpc) is 2.60. The van der Waals surface area contributed by atoms with Gasteiger partial charge >= 0.3 is 6.18 Å². The molecule has 0 saturated carbocycles. The Morgan fingerprint density at radius 3 is 2.58 bits per heavy atom. The number of nitro benzene ring substituents is 1. The zero-order chi connectivity index (χ0) is 19.3. The number of piperazine rings is 1. The molecule has 2 N–H and O–H groups in total. The molecule has 0 aromatic heterocycles. The van der Waals surface area contributed by atoms with Crippen LogP contribution < -0.4 is 10.6 Å². The van der Waals surface area contributed by atoms with Gasteiger partial charge in [0, 0.05) is 49.9 Å². The van der Waals surface area contributed by atoms with Gasteiger partial charge in [0.25, 0.3) is 11.6 Å². The minimum Gasteiger partial charge on any atom is -0.350 e. The van der Waals surface area contributed by atoms with E-state index < -0.39 is 29.6 Å². The van der Waals surface area contributed by atoms with Crippen LogP contribution in [0.2, 0.25) is 0 Å². The molecule has 1 unspecified atom stereocenters. The minimum absolute atomic E-state index is 0.0323. The van der Waals surface area contributed by atoms with Crippen molar-refractivity contribution in [1.29, 1.82) is 0 Å². The zero-order valence-electron chi connectivity index (χ0n) is 14.3. The monoisotopic (exact) mass is 374 g/mol. The van der Waals surface area contributed by atoms with E-state index in [9.17, 15) is 28.1 Å². The van der Waals surface area contributed by atoms with E-state index in [4.69, 9.17) is 0 Å². The molecule has 0 bridgehead atoms. The molecule has 1 aromatic carbocycles. The van der Waals surface area contributed by atoms with Crippen LogP contribution in [0.4, 0.5) is 18.9 Å². The third kappa shape index (κ3) is 4.92. The molecule has 2 rings (SSSR count). The molecule has 1 fully saturated rings. The highest BCUT2D eigenvalue weighted by molar-refractivity contribution is 5.95. The highest BCUT2D eigenvalue weighted by atomic mass is 19.4. The van der Waals surface area contributed by atoms with E-state index in [1.54, 1.807) is 6.92 Å². The Kier molecular flexibility index (Phi) is 6.54. The van der Waals surface area contributed by atoms with Crippen LogP contribution in [0.1, 0.15) is 22.8 Å². The van der Waals surface area contributed by atoms with Crippen molar-refractivity contribution in [2.75, 3.05) is 32.7 Å². The number of amides is 1. The van der Waals surface area contributed by atoms with Crippen LogP contribution in [-0.4, -0.2) is 60.7 Å². The quantitative estimate of drug-likeness (QED) is 0.585. The molecular weight excluding hydrogens is 353 g/mol. The first-order valence-electron chi connectivity index (χ1n) is 8.31. The van der Waals surface area contributed by atoms with Gasteiger partial charge in [0.1, 0.15) is 6.04 Å². The number of hydrogen-bond donors (Lipinski definition) is 2. The fraction of sp³-hybridized carbons (Fsp3) is 0.562. The minimum atomic E-state index is -4.48. The third-order valence-electron chi connectivity index (χ3n) is 4.35. The summed E-state index contributed by atoms with van der Waals surface area (Å²) in [5.41, 5.74) is 0.213. The van der Waals surface area contributed by atoms with Crippen LogP contribution in [0.5, 0.6) is 0 Å². The molecule has 0 spiro atoms. The van der Waals surface area contributed by atoms with E-state index in [-0.39, 0.29) is 24.3 Å². The summed E-state index contributed by atoms with van der Waals surface area (Å²) in [6, 6.07) is 2.14. The Labute approximate surface area is 148 Å². The normalized spacial score (nSPS) is 16.9. The van der Waals surface area contributed by atoms with Gasteiger partial charge in [-0.3, -0.25) is 19.8 Å². The summed E-state index contributed by atoms with van der Waals surface area (Å²) in [6.45, 7) is 2.50. The second-order valence-corrected chi connectivity index (χ2v) is 6.01. The number of hydrogen-bond acceptors (Lipinski definition) is 5. The van der Waals surface area contributed by atoms with Gasteiger partial charge in [-0.25, -0.2) is 0 Å². The zero-order valence-corrected chi connectivity index (χ0v) is 14.3. The largest absolute Gasteiger partial charge is 0.405 e. The SMILES string of the molecule is CCc1ccc(C(=O)NCC(N2CCNCC2)C(F)(F)F)cc1[N+](=O)[O-]. The smallest absolute Gasteiger partial charge is 0.350 e. The van der Waals surface area contributed by atoms with Gasteiger partial charge < -0.3 is 10.6 Å². The number of halogens is 3. The molecule has 1 aliphatic heterocycles. The maximum Gasteiger partial charge on any atom is 0.405 e. The summed E-state index contributed by atoms with van der Waals surface area (Å²) >= 11 is 0. The molecule has 144 valence electrons. The lowest BCUT2D eigenvalue weighted by atomic mass is 10.1. The van der Waals surface area contributed by atoms with Gasteiger partial charge in [0.05, 0.1) is 4.92 Å². The molecule has 1 atom stereocenters. The summed E-state index contributed by atoms with van der Waals surface area (Å²) < 4.78 is 40.0. The highest BCUT2D eigenvalue weighted by Gasteiger charge is 2.43. The Hall–Kier alpha value is -2.20. The second-order valence-electron chi connectivity index (χ2n) is 6.01. The number of nitrogens with zero attached hydrogens (tertiary/aromatic N) is 2. The van der Waals surface area contributed by atoms with Crippen LogP contribution in [0.15, 0.2) is 18.2 Å². The summed E-state index contributed by atoms with van der Waals surface area (Å²) in [5.74, 6) is -0.764. The molecule has 1 aromatic rings. The third-order valence-corrected chi connectivity index (χ3v) is 4.35. The lowest BCUT2D eigenvalue weighted by Crippen LogP contribution is -2.57. The van der Waals surface area contributed by atoms with E-state index >= 15 is 0 Å². The number of carbonyl (C=O) groups excluding carboxylic acids is 1. The molecule has 0 aliphatic carbocycles. The second kappa shape index (κ2) is 8.45. The van der Waals surface area contributed by atoms with Crippen molar-refractivity contribution >= 4 is 11.6 Å². The van der Waals surface area contributed by atoms with E-state index in [2.05, 4.69) is 10.6 Å². The van der Waals surface area contributed by atoms with Gasteiger partial charge in [0.15, 0.2) is 0 Å². The van der Waals surface area contributed by atoms with Gasteiger partial charge in [-0.2, -0.15) is 13.2 Å². The number of nitro groups is 1. The Bertz CT molecular complexity index is 661. The summed E-state index contributed by atoms with van der Waals surface area (Å²) in [6.07, 6.45) is -4.07. The predicted octanol–water partition coefficient (Wildman–Crippen LogP) is 1.72. The average molecular weight is 374 g/mol. The molecule has 1 heterocycles. The molecule has 1 amide bonds. The van der Waals surface area contributed by atoms with Gasteiger partial charge in [-0.05, 0) is 12.5 Å². The van der Waals surface area contributed by atoms with Crippen molar-refractivity contribution in [2.45, 2.75) is 25.6 Å². The summed E-state index contributed by atoms with van der Waals surface area (Å²) in [7, 11) is 0. The van der Waals surface area contributed by atoms with E-state index in [1.165, 1.54) is 17.0 Å². The summed E-state index contributed by atoms with van der Waals surface area (Å²) in [5, 5.41) is 16.3. The fourth-order valence-electron chi connectivity index (χ4n) is 2.91. The maximum absolute atomic E-state index is 13.3. The Morgan fingerprint density at radius 1 is 1.38 bits per heavy atom. The molecule has 1 aliphatic rings. The number of rotatable bonds is 6.